The molecule has 1 heterocycles. The van der Waals surface area contributed by atoms with Gasteiger partial charge in [0, 0.05) is 11.1 Å². The number of rotatable bonds is 4. The molecule has 4 N–H and O–H groups in total. The second kappa shape index (κ2) is 5.61. The minimum atomic E-state index is -0.248. The molecule has 0 saturated heterocycles. The molecule has 1 aromatic heterocycles. The van der Waals surface area contributed by atoms with Gasteiger partial charge in [-0.1, -0.05) is 17.7 Å². The molecule has 2 rings (SSSR count). The lowest BCUT2D eigenvalue weighted by molar-refractivity contribution is -0.120. The standard InChI is InChI=1S/C12H14N4OS/c1-8-2-4-9(5-3-8)14-12-15-10(7-18-12)6-11(17)16-13/h2-5,7H,6,13H2,1H3,(H,14,15)(H,16,17). The van der Waals surface area contributed by atoms with Gasteiger partial charge in [0.05, 0.1) is 12.1 Å². The molecule has 0 spiro atoms. The number of hydrazine groups is 1. The van der Waals surface area contributed by atoms with Crippen molar-refractivity contribution in [2.24, 2.45) is 5.84 Å². The van der Waals surface area contributed by atoms with Crippen molar-refractivity contribution in [2.45, 2.75) is 13.3 Å². The molecule has 0 aliphatic carbocycles. The molecule has 0 radical (unpaired) electrons. The Bertz CT molecular complexity index is 535. The molecule has 94 valence electrons. The Balaban J connectivity index is 2.02. The Morgan fingerprint density at radius 1 is 1.39 bits per heavy atom. The van der Waals surface area contributed by atoms with Crippen LogP contribution in [0.25, 0.3) is 0 Å². The third-order valence-corrected chi connectivity index (χ3v) is 3.16. The smallest absolute Gasteiger partial charge is 0.239 e. The topological polar surface area (TPSA) is 80.0 Å². The molecule has 0 atom stereocenters. The largest absolute Gasteiger partial charge is 0.332 e. The van der Waals surface area contributed by atoms with Crippen LogP contribution in [0.2, 0.25) is 0 Å². The fourth-order valence-electron chi connectivity index (χ4n) is 1.42. The average Bonchev–Trinajstić information content (AvgIpc) is 2.79. The number of nitrogens with zero attached hydrogens (tertiary/aromatic N) is 1. The summed E-state index contributed by atoms with van der Waals surface area (Å²) in [4.78, 5) is 15.4. The van der Waals surface area contributed by atoms with Crippen LogP contribution in [-0.4, -0.2) is 10.9 Å². The van der Waals surface area contributed by atoms with E-state index in [-0.39, 0.29) is 12.3 Å². The zero-order valence-electron chi connectivity index (χ0n) is 9.93. The molecule has 0 fully saturated rings. The number of nitrogens with two attached hydrogens (primary N) is 1. The van der Waals surface area contributed by atoms with E-state index in [9.17, 15) is 4.79 Å². The normalized spacial score (nSPS) is 10.1. The average molecular weight is 262 g/mol. The molecule has 2 aromatic rings. The van der Waals surface area contributed by atoms with Crippen LogP contribution in [-0.2, 0) is 11.2 Å². The number of anilines is 2. The molecular weight excluding hydrogens is 248 g/mol. The molecule has 0 aliphatic rings. The predicted molar refractivity (Wildman–Crippen MR) is 72.6 cm³/mol. The number of hydrogen-bond donors (Lipinski definition) is 3. The molecular formula is C12H14N4OS. The van der Waals surface area contributed by atoms with Crippen LogP contribution in [0.4, 0.5) is 10.8 Å². The van der Waals surface area contributed by atoms with Crippen LogP contribution in [0.5, 0.6) is 0 Å². The summed E-state index contributed by atoms with van der Waals surface area (Å²) in [5.74, 6) is 4.78. The molecule has 0 aliphatic heterocycles. The minimum absolute atomic E-state index is 0.197. The van der Waals surface area contributed by atoms with Gasteiger partial charge in [-0.3, -0.25) is 10.2 Å². The second-order valence-electron chi connectivity index (χ2n) is 3.88. The third kappa shape index (κ3) is 3.28. The second-order valence-corrected chi connectivity index (χ2v) is 4.74. The summed E-state index contributed by atoms with van der Waals surface area (Å²) < 4.78 is 0. The fourth-order valence-corrected chi connectivity index (χ4v) is 2.15. The van der Waals surface area contributed by atoms with E-state index in [0.717, 1.165) is 10.8 Å². The molecule has 0 saturated carbocycles. The number of carbonyl (C=O) groups is 1. The lowest BCUT2D eigenvalue weighted by atomic mass is 10.2. The van der Waals surface area contributed by atoms with Crippen molar-refractivity contribution in [1.82, 2.24) is 10.4 Å². The van der Waals surface area contributed by atoms with E-state index in [1.165, 1.54) is 16.9 Å². The van der Waals surface area contributed by atoms with Gasteiger partial charge < -0.3 is 5.32 Å². The van der Waals surface area contributed by atoms with E-state index in [1.807, 2.05) is 36.6 Å². The van der Waals surface area contributed by atoms with Crippen molar-refractivity contribution >= 4 is 28.1 Å². The van der Waals surface area contributed by atoms with E-state index >= 15 is 0 Å². The quantitative estimate of drug-likeness (QED) is 0.445. The van der Waals surface area contributed by atoms with E-state index < -0.39 is 0 Å². The summed E-state index contributed by atoms with van der Waals surface area (Å²) in [6, 6.07) is 8.03. The first kappa shape index (κ1) is 12.5. The number of nitrogens with one attached hydrogen (secondary N) is 2. The van der Waals surface area contributed by atoms with E-state index in [2.05, 4.69) is 15.7 Å². The summed E-state index contributed by atoms with van der Waals surface area (Å²) >= 11 is 1.46. The van der Waals surface area contributed by atoms with Crippen LogP contribution < -0.4 is 16.6 Å². The minimum Gasteiger partial charge on any atom is -0.332 e. The Hall–Kier alpha value is -1.92. The van der Waals surface area contributed by atoms with Crippen LogP contribution in [0.15, 0.2) is 29.6 Å². The highest BCUT2D eigenvalue weighted by molar-refractivity contribution is 7.13. The first-order chi connectivity index (χ1) is 8.67. The third-order valence-electron chi connectivity index (χ3n) is 2.36. The number of benzene rings is 1. The zero-order valence-corrected chi connectivity index (χ0v) is 10.8. The van der Waals surface area contributed by atoms with Crippen LogP contribution >= 0.6 is 11.3 Å². The summed E-state index contributed by atoms with van der Waals surface area (Å²) in [5, 5.41) is 5.79. The number of hydrogen-bond acceptors (Lipinski definition) is 5. The maximum absolute atomic E-state index is 11.1. The van der Waals surface area contributed by atoms with Gasteiger partial charge in [-0.2, -0.15) is 0 Å². The van der Waals surface area contributed by atoms with Crippen molar-refractivity contribution in [3.05, 3.63) is 40.9 Å². The van der Waals surface area contributed by atoms with Gasteiger partial charge in [-0.15, -0.1) is 11.3 Å². The molecule has 0 bridgehead atoms. The van der Waals surface area contributed by atoms with E-state index in [1.54, 1.807) is 0 Å². The van der Waals surface area contributed by atoms with E-state index in [0.29, 0.717) is 5.69 Å². The maximum atomic E-state index is 11.1. The van der Waals surface area contributed by atoms with Gasteiger partial charge in [-0.25, -0.2) is 10.8 Å². The van der Waals surface area contributed by atoms with Gasteiger partial charge in [0.2, 0.25) is 5.91 Å². The summed E-state index contributed by atoms with van der Waals surface area (Å²) in [5.41, 5.74) is 4.97. The summed E-state index contributed by atoms with van der Waals surface area (Å²) in [7, 11) is 0. The summed E-state index contributed by atoms with van der Waals surface area (Å²) in [6.07, 6.45) is 0.197. The van der Waals surface area contributed by atoms with Crippen molar-refractivity contribution in [2.75, 3.05) is 5.32 Å². The maximum Gasteiger partial charge on any atom is 0.239 e. The van der Waals surface area contributed by atoms with Crippen molar-refractivity contribution in [3.8, 4) is 0 Å². The highest BCUT2D eigenvalue weighted by Crippen LogP contribution is 2.21. The van der Waals surface area contributed by atoms with Crippen molar-refractivity contribution in [1.29, 1.82) is 0 Å². The van der Waals surface area contributed by atoms with Gasteiger partial charge in [0.1, 0.15) is 0 Å². The van der Waals surface area contributed by atoms with Gasteiger partial charge in [0.25, 0.3) is 0 Å². The molecule has 0 unspecified atom stereocenters. The Morgan fingerprint density at radius 3 is 2.78 bits per heavy atom. The number of aryl methyl sites for hydroxylation is 1. The van der Waals surface area contributed by atoms with Gasteiger partial charge in [-0.05, 0) is 19.1 Å². The Kier molecular flexibility index (Phi) is 3.91. The van der Waals surface area contributed by atoms with Gasteiger partial charge in [0.15, 0.2) is 5.13 Å². The van der Waals surface area contributed by atoms with Crippen molar-refractivity contribution < 1.29 is 4.79 Å². The molecule has 18 heavy (non-hydrogen) atoms. The SMILES string of the molecule is Cc1ccc(Nc2nc(CC(=O)NN)cs2)cc1. The van der Waals surface area contributed by atoms with E-state index in [4.69, 9.17) is 5.84 Å². The molecule has 1 amide bonds. The number of aromatic nitrogens is 1. The number of thiazole rings is 1. The monoisotopic (exact) mass is 262 g/mol. The highest BCUT2D eigenvalue weighted by Gasteiger charge is 2.06. The van der Waals surface area contributed by atoms with Crippen molar-refractivity contribution in [3.63, 3.8) is 0 Å². The highest BCUT2D eigenvalue weighted by atomic mass is 32.1. The fraction of sp³-hybridized carbons (Fsp3) is 0.167. The van der Waals surface area contributed by atoms with Gasteiger partial charge >= 0.3 is 0 Å². The first-order valence-electron chi connectivity index (χ1n) is 5.45. The summed E-state index contributed by atoms with van der Waals surface area (Å²) in [6.45, 7) is 2.04. The Labute approximate surface area is 109 Å². The lowest BCUT2D eigenvalue weighted by Gasteiger charge is -2.02. The first-order valence-corrected chi connectivity index (χ1v) is 6.33. The Morgan fingerprint density at radius 2 is 2.11 bits per heavy atom. The molecule has 6 heteroatoms. The molecule has 1 aromatic carbocycles. The van der Waals surface area contributed by atoms with Crippen LogP contribution in [0, 0.1) is 6.92 Å². The van der Waals surface area contributed by atoms with Crippen LogP contribution in [0.3, 0.4) is 0 Å². The number of amides is 1. The molecule has 5 nitrogen and oxygen atoms in total. The zero-order chi connectivity index (χ0) is 13.0. The number of carbonyl (C=O) groups excluding carboxylic acids is 1. The predicted octanol–water partition coefficient (Wildman–Crippen LogP) is 1.73. The lowest BCUT2D eigenvalue weighted by Crippen LogP contribution is -2.31. The van der Waals surface area contributed by atoms with Crippen LogP contribution in [0.1, 0.15) is 11.3 Å².